The van der Waals surface area contributed by atoms with Crippen LogP contribution in [0.4, 0.5) is 0 Å². The Balaban J connectivity index is 3.18. The molecule has 4 nitrogen and oxygen atoms in total. The Bertz CT molecular complexity index is 588. The lowest BCUT2D eigenvalue weighted by Gasteiger charge is -2.22. The van der Waals surface area contributed by atoms with Gasteiger partial charge in [-0.05, 0) is 32.4 Å². The van der Waals surface area contributed by atoms with Crippen LogP contribution in [0.5, 0.6) is 0 Å². The molecule has 0 spiro atoms. The van der Waals surface area contributed by atoms with Crippen LogP contribution < -0.4 is 0 Å². The Labute approximate surface area is 115 Å². The van der Waals surface area contributed by atoms with Gasteiger partial charge in [0.05, 0.1) is 16.9 Å². The van der Waals surface area contributed by atoms with E-state index < -0.39 is 10.0 Å². The molecule has 0 saturated heterocycles. The predicted octanol–water partition coefficient (Wildman–Crippen LogP) is 2.47. The highest BCUT2D eigenvalue weighted by atomic mass is 32.2. The number of aryl methyl sites for hydroxylation is 2. The Hall–Kier alpha value is -1.38. The zero-order chi connectivity index (χ0) is 14.6. The van der Waals surface area contributed by atoms with E-state index >= 15 is 0 Å². The minimum Gasteiger partial charge on any atom is -0.207 e. The van der Waals surface area contributed by atoms with Gasteiger partial charge in [0.1, 0.15) is 0 Å². The molecule has 5 heteroatoms. The topological polar surface area (TPSA) is 61.2 Å². The van der Waals surface area contributed by atoms with Gasteiger partial charge in [-0.15, -0.1) is 0 Å². The molecule has 1 aromatic rings. The lowest BCUT2D eigenvalue weighted by Crippen LogP contribution is -2.34. The second-order valence-electron chi connectivity index (χ2n) is 4.75. The molecule has 1 atom stereocenters. The minimum atomic E-state index is -3.52. The van der Waals surface area contributed by atoms with Crippen molar-refractivity contribution in [2.24, 2.45) is 5.92 Å². The molecular formula is C14H20N2O2S. The normalized spacial score (nSPS) is 13.3. The maximum Gasteiger partial charge on any atom is 0.243 e. The second kappa shape index (κ2) is 6.18. The molecule has 0 fully saturated rings. The third kappa shape index (κ3) is 3.55. The summed E-state index contributed by atoms with van der Waals surface area (Å²) in [7, 11) is -3.52. The van der Waals surface area contributed by atoms with E-state index in [1.54, 1.807) is 32.9 Å². The van der Waals surface area contributed by atoms with Crippen molar-refractivity contribution in [2.45, 2.75) is 32.6 Å². The molecule has 104 valence electrons. The highest BCUT2D eigenvalue weighted by Gasteiger charge is 2.25. The van der Waals surface area contributed by atoms with E-state index in [0.717, 1.165) is 11.1 Å². The van der Waals surface area contributed by atoms with Gasteiger partial charge < -0.3 is 0 Å². The predicted molar refractivity (Wildman–Crippen MR) is 75.1 cm³/mol. The molecule has 0 aliphatic carbocycles. The van der Waals surface area contributed by atoms with Crippen LogP contribution in [0.2, 0.25) is 0 Å². The van der Waals surface area contributed by atoms with Crippen LogP contribution >= 0.6 is 0 Å². The highest BCUT2D eigenvalue weighted by molar-refractivity contribution is 7.89. The van der Waals surface area contributed by atoms with Gasteiger partial charge in [-0.1, -0.05) is 24.6 Å². The number of nitrogens with zero attached hydrogens (tertiary/aromatic N) is 2. The number of hydrogen-bond donors (Lipinski definition) is 0. The fourth-order valence-electron chi connectivity index (χ4n) is 1.97. The lowest BCUT2D eigenvalue weighted by molar-refractivity contribution is 0.399. The molecule has 1 unspecified atom stereocenters. The van der Waals surface area contributed by atoms with E-state index in [1.165, 1.54) is 4.31 Å². The van der Waals surface area contributed by atoms with Gasteiger partial charge in [0.15, 0.2) is 0 Å². The summed E-state index contributed by atoms with van der Waals surface area (Å²) >= 11 is 0. The van der Waals surface area contributed by atoms with Crippen LogP contribution in [0.3, 0.4) is 0 Å². The average molecular weight is 280 g/mol. The third-order valence-electron chi connectivity index (χ3n) is 3.00. The second-order valence-corrected chi connectivity index (χ2v) is 6.66. The summed E-state index contributed by atoms with van der Waals surface area (Å²) in [5, 5.41) is 8.83. The van der Waals surface area contributed by atoms with E-state index in [2.05, 4.69) is 6.07 Å². The Morgan fingerprint density at radius 2 is 2.00 bits per heavy atom. The maximum absolute atomic E-state index is 12.6. The average Bonchev–Trinajstić information content (AvgIpc) is 2.34. The van der Waals surface area contributed by atoms with Crippen molar-refractivity contribution >= 4 is 10.0 Å². The van der Waals surface area contributed by atoms with Gasteiger partial charge in [0.2, 0.25) is 10.0 Å². The van der Waals surface area contributed by atoms with Gasteiger partial charge in [-0.2, -0.15) is 9.57 Å². The lowest BCUT2D eigenvalue weighted by atomic mass is 10.2. The van der Waals surface area contributed by atoms with Gasteiger partial charge in [0, 0.05) is 13.1 Å². The fourth-order valence-corrected chi connectivity index (χ4v) is 3.72. The molecule has 0 heterocycles. The van der Waals surface area contributed by atoms with Gasteiger partial charge in [0.25, 0.3) is 0 Å². The standard InChI is InChI=1S/C14H20N2O2S/c1-5-16(10-12(3)9-15)19(17,18)14-7-6-11(2)8-13(14)4/h6-8,12H,5,10H2,1-4H3. The van der Waals surface area contributed by atoms with Crippen molar-refractivity contribution in [2.75, 3.05) is 13.1 Å². The molecule has 0 saturated carbocycles. The zero-order valence-corrected chi connectivity index (χ0v) is 12.7. The highest BCUT2D eigenvalue weighted by Crippen LogP contribution is 2.21. The molecule has 0 aliphatic rings. The molecule has 19 heavy (non-hydrogen) atoms. The van der Waals surface area contributed by atoms with Crippen LogP contribution in [-0.2, 0) is 10.0 Å². The SMILES string of the molecule is CCN(CC(C)C#N)S(=O)(=O)c1ccc(C)cc1C. The van der Waals surface area contributed by atoms with Crippen molar-refractivity contribution in [3.63, 3.8) is 0 Å². The monoisotopic (exact) mass is 280 g/mol. The Kier molecular flexibility index (Phi) is 5.10. The molecule has 0 aliphatic heterocycles. The molecule has 1 rings (SSSR count). The summed E-state index contributed by atoms with van der Waals surface area (Å²) in [5.74, 6) is -0.319. The quantitative estimate of drug-likeness (QED) is 0.832. The molecule has 1 aromatic carbocycles. The molecule has 0 amide bonds. The third-order valence-corrected chi connectivity index (χ3v) is 5.10. The number of sulfonamides is 1. The zero-order valence-electron chi connectivity index (χ0n) is 11.8. The van der Waals surface area contributed by atoms with Gasteiger partial charge in [-0.3, -0.25) is 0 Å². The van der Waals surface area contributed by atoms with Crippen molar-refractivity contribution in [3.8, 4) is 6.07 Å². The van der Waals surface area contributed by atoms with E-state index in [4.69, 9.17) is 5.26 Å². The summed E-state index contributed by atoms with van der Waals surface area (Å²) in [6.45, 7) is 7.82. The first kappa shape index (κ1) is 15.7. The summed E-state index contributed by atoms with van der Waals surface area (Å²) in [6, 6.07) is 7.36. The van der Waals surface area contributed by atoms with Crippen molar-refractivity contribution < 1.29 is 8.42 Å². The molecule has 0 bridgehead atoms. The summed E-state index contributed by atoms with van der Waals surface area (Å²) in [5.41, 5.74) is 1.77. The van der Waals surface area contributed by atoms with Gasteiger partial charge in [-0.25, -0.2) is 8.42 Å². The number of hydrogen-bond acceptors (Lipinski definition) is 3. The van der Waals surface area contributed by atoms with Crippen molar-refractivity contribution in [1.82, 2.24) is 4.31 Å². The molecular weight excluding hydrogens is 260 g/mol. The van der Waals surface area contributed by atoms with E-state index in [9.17, 15) is 8.42 Å². The first-order chi connectivity index (χ1) is 8.82. The van der Waals surface area contributed by atoms with E-state index in [1.807, 2.05) is 13.0 Å². The minimum absolute atomic E-state index is 0.225. The number of nitriles is 1. The summed E-state index contributed by atoms with van der Waals surface area (Å²) < 4.78 is 26.5. The van der Waals surface area contributed by atoms with E-state index in [0.29, 0.717) is 11.4 Å². The smallest absolute Gasteiger partial charge is 0.207 e. The number of rotatable bonds is 5. The maximum atomic E-state index is 12.6. The summed E-state index contributed by atoms with van der Waals surface area (Å²) in [6.07, 6.45) is 0. The Morgan fingerprint density at radius 3 is 2.47 bits per heavy atom. The van der Waals surface area contributed by atoms with Crippen molar-refractivity contribution in [1.29, 1.82) is 5.26 Å². The van der Waals surface area contributed by atoms with Crippen LogP contribution in [0, 0.1) is 31.1 Å². The molecule has 0 radical (unpaired) electrons. The largest absolute Gasteiger partial charge is 0.243 e. The van der Waals surface area contributed by atoms with Crippen LogP contribution in [0.25, 0.3) is 0 Å². The molecule has 0 N–H and O–H groups in total. The van der Waals surface area contributed by atoms with Crippen molar-refractivity contribution in [3.05, 3.63) is 29.3 Å². The molecule has 0 aromatic heterocycles. The number of benzene rings is 1. The first-order valence-corrected chi connectivity index (χ1v) is 7.74. The summed E-state index contributed by atoms with van der Waals surface area (Å²) in [4.78, 5) is 0.324. The van der Waals surface area contributed by atoms with Crippen LogP contribution in [0.1, 0.15) is 25.0 Å². The first-order valence-electron chi connectivity index (χ1n) is 6.30. The fraction of sp³-hybridized carbons (Fsp3) is 0.500. The van der Waals surface area contributed by atoms with Gasteiger partial charge >= 0.3 is 0 Å². The van der Waals surface area contributed by atoms with E-state index in [-0.39, 0.29) is 12.5 Å². The Morgan fingerprint density at radius 1 is 1.37 bits per heavy atom. The van der Waals surface area contributed by atoms with Crippen LogP contribution in [-0.4, -0.2) is 25.8 Å². The van der Waals surface area contributed by atoms with Crippen LogP contribution in [0.15, 0.2) is 23.1 Å².